The number of fused-ring (bicyclic) bond motifs is 1. The Kier molecular flexibility index (Phi) is 5.32. The van der Waals surface area contributed by atoms with Crippen LogP contribution in [0.3, 0.4) is 0 Å². The molecule has 0 aliphatic carbocycles. The molecule has 0 saturated carbocycles. The molecule has 1 aliphatic heterocycles. The van der Waals surface area contributed by atoms with Crippen LogP contribution in [-0.4, -0.2) is 22.6 Å². The van der Waals surface area contributed by atoms with Gasteiger partial charge in [0.15, 0.2) is 0 Å². The first-order valence-electron chi connectivity index (χ1n) is 9.95. The van der Waals surface area contributed by atoms with Crippen molar-refractivity contribution in [1.29, 1.82) is 0 Å². The van der Waals surface area contributed by atoms with Gasteiger partial charge in [-0.3, -0.25) is 9.69 Å². The Hall–Kier alpha value is -2.80. The van der Waals surface area contributed by atoms with Gasteiger partial charge in [-0.15, -0.1) is 0 Å². The molecule has 0 amide bonds. The maximum atomic E-state index is 13.9. The van der Waals surface area contributed by atoms with Crippen molar-refractivity contribution < 1.29 is 22.7 Å². The third-order valence-electron chi connectivity index (χ3n) is 5.76. The molecule has 1 unspecified atom stereocenters. The summed E-state index contributed by atoms with van der Waals surface area (Å²) in [5.74, 6) is -1.52. The molecule has 4 nitrogen and oxygen atoms in total. The lowest BCUT2D eigenvalue weighted by atomic mass is 9.99. The van der Waals surface area contributed by atoms with Crippen LogP contribution in [0.5, 0.6) is 5.75 Å². The van der Waals surface area contributed by atoms with Crippen LogP contribution in [0.1, 0.15) is 37.5 Å². The van der Waals surface area contributed by atoms with E-state index >= 15 is 0 Å². The number of piperidine rings is 1. The van der Waals surface area contributed by atoms with Crippen LogP contribution in [0.2, 0.25) is 0 Å². The lowest BCUT2D eigenvalue weighted by Gasteiger charge is -2.33. The Labute approximate surface area is 171 Å². The zero-order valence-electron chi connectivity index (χ0n) is 16.5. The van der Waals surface area contributed by atoms with Gasteiger partial charge in [-0.2, -0.15) is 13.2 Å². The molecule has 0 bridgehead atoms. The molecule has 2 heterocycles. The molecule has 7 heteroatoms. The van der Waals surface area contributed by atoms with Gasteiger partial charge in [-0.25, -0.2) is 0 Å². The van der Waals surface area contributed by atoms with E-state index in [1.807, 2.05) is 6.92 Å². The number of rotatable bonds is 3. The lowest BCUT2D eigenvalue weighted by molar-refractivity contribution is -0.152. The smallest absolute Gasteiger partial charge is 0.450 e. The van der Waals surface area contributed by atoms with Gasteiger partial charge in [0.1, 0.15) is 11.3 Å². The predicted octanol–water partition coefficient (Wildman–Crippen LogP) is 5.56. The molecule has 4 rings (SSSR count). The molecule has 1 aromatic heterocycles. The minimum Gasteiger partial charge on any atom is -0.507 e. The van der Waals surface area contributed by atoms with Crippen molar-refractivity contribution in [2.75, 3.05) is 6.54 Å². The van der Waals surface area contributed by atoms with E-state index in [1.54, 1.807) is 18.2 Å². The Morgan fingerprint density at radius 2 is 1.87 bits per heavy atom. The van der Waals surface area contributed by atoms with Crippen molar-refractivity contribution in [2.45, 2.75) is 44.9 Å². The van der Waals surface area contributed by atoms with Gasteiger partial charge in [0, 0.05) is 12.6 Å². The number of aromatic hydroxyl groups is 1. The summed E-state index contributed by atoms with van der Waals surface area (Å²) < 4.78 is 47.0. The Bertz CT molecular complexity index is 1120. The summed E-state index contributed by atoms with van der Waals surface area (Å²) in [4.78, 5) is 15.3. The molecular weight excluding hydrogens is 395 g/mol. The molecule has 2 aromatic carbocycles. The summed E-state index contributed by atoms with van der Waals surface area (Å²) in [6.45, 7) is 3.04. The molecule has 1 atom stereocenters. The summed E-state index contributed by atoms with van der Waals surface area (Å²) in [6.07, 6.45) is -1.82. The molecule has 0 radical (unpaired) electrons. The fraction of sp³-hybridized carbons (Fsp3) is 0.348. The summed E-state index contributed by atoms with van der Waals surface area (Å²) in [5, 5.41) is 10.5. The Morgan fingerprint density at radius 3 is 2.53 bits per heavy atom. The summed E-state index contributed by atoms with van der Waals surface area (Å²) in [6, 6.07) is 10.6. The van der Waals surface area contributed by atoms with Crippen LogP contribution in [0.25, 0.3) is 22.1 Å². The third kappa shape index (κ3) is 3.69. The van der Waals surface area contributed by atoms with E-state index in [-0.39, 0.29) is 40.4 Å². The standard InChI is InChI=1S/C23H22F3NO3/c1-14-7-5-6-12-27(14)13-17-18(28)11-10-16-20(29)19(15-8-3-2-4-9-15)22(23(24,25)26)30-21(16)17/h2-4,8-11,14,28H,5-7,12-13H2,1H3. The van der Waals surface area contributed by atoms with Crippen LogP contribution < -0.4 is 5.43 Å². The molecular formula is C23H22F3NO3. The highest BCUT2D eigenvalue weighted by atomic mass is 19.4. The quantitative estimate of drug-likeness (QED) is 0.606. The number of halogens is 3. The summed E-state index contributed by atoms with van der Waals surface area (Å²) >= 11 is 0. The second kappa shape index (κ2) is 7.80. The van der Waals surface area contributed by atoms with Crippen molar-refractivity contribution in [3.63, 3.8) is 0 Å². The van der Waals surface area contributed by atoms with Gasteiger partial charge >= 0.3 is 6.18 Å². The van der Waals surface area contributed by atoms with Crippen molar-refractivity contribution >= 4 is 11.0 Å². The topological polar surface area (TPSA) is 53.7 Å². The number of phenolic OH excluding ortho intramolecular Hbond substituents is 1. The van der Waals surface area contributed by atoms with Crippen LogP contribution in [0.15, 0.2) is 51.7 Å². The SMILES string of the molecule is CC1CCCCN1Cc1c(O)ccc2c(=O)c(-c3ccccc3)c(C(F)(F)F)oc12. The minimum atomic E-state index is -4.86. The monoisotopic (exact) mass is 417 g/mol. The zero-order valence-corrected chi connectivity index (χ0v) is 16.5. The Balaban J connectivity index is 1.96. The van der Waals surface area contributed by atoms with Gasteiger partial charge in [0.2, 0.25) is 11.2 Å². The van der Waals surface area contributed by atoms with E-state index in [2.05, 4.69) is 4.90 Å². The van der Waals surface area contributed by atoms with Crippen LogP contribution in [0.4, 0.5) is 13.2 Å². The van der Waals surface area contributed by atoms with Crippen LogP contribution in [-0.2, 0) is 12.7 Å². The number of nitrogens with zero attached hydrogens (tertiary/aromatic N) is 1. The molecule has 0 spiro atoms. The number of hydrogen-bond acceptors (Lipinski definition) is 4. The number of benzene rings is 2. The summed E-state index contributed by atoms with van der Waals surface area (Å²) in [5.41, 5.74) is -1.13. The molecule has 1 saturated heterocycles. The van der Waals surface area contributed by atoms with Crippen LogP contribution in [0, 0.1) is 0 Å². The fourth-order valence-corrected chi connectivity index (χ4v) is 4.12. The van der Waals surface area contributed by atoms with Crippen molar-refractivity contribution in [1.82, 2.24) is 4.90 Å². The van der Waals surface area contributed by atoms with E-state index in [9.17, 15) is 23.1 Å². The van der Waals surface area contributed by atoms with E-state index in [0.717, 1.165) is 25.8 Å². The average molecular weight is 417 g/mol. The maximum absolute atomic E-state index is 13.9. The first-order valence-corrected chi connectivity index (χ1v) is 9.95. The first-order chi connectivity index (χ1) is 14.3. The molecule has 30 heavy (non-hydrogen) atoms. The highest BCUT2D eigenvalue weighted by molar-refractivity contribution is 5.86. The number of hydrogen-bond donors (Lipinski definition) is 1. The van der Waals surface area contributed by atoms with E-state index < -0.39 is 22.9 Å². The molecule has 1 aliphatic rings. The average Bonchev–Trinajstić information content (AvgIpc) is 2.71. The zero-order chi connectivity index (χ0) is 21.5. The summed E-state index contributed by atoms with van der Waals surface area (Å²) in [7, 11) is 0. The second-order valence-corrected chi connectivity index (χ2v) is 7.75. The Morgan fingerprint density at radius 1 is 1.13 bits per heavy atom. The van der Waals surface area contributed by atoms with Gasteiger partial charge in [-0.1, -0.05) is 36.8 Å². The largest absolute Gasteiger partial charge is 0.507 e. The molecule has 158 valence electrons. The predicted molar refractivity (Wildman–Crippen MR) is 108 cm³/mol. The number of phenols is 1. The minimum absolute atomic E-state index is 0.0271. The number of alkyl halides is 3. The highest BCUT2D eigenvalue weighted by Gasteiger charge is 2.40. The molecule has 1 fully saturated rings. The molecule has 3 aromatic rings. The van der Waals surface area contributed by atoms with Gasteiger partial charge in [0.05, 0.1) is 16.5 Å². The van der Waals surface area contributed by atoms with E-state index in [1.165, 1.54) is 24.3 Å². The number of likely N-dealkylation sites (tertiary alicyclic amines) is 1. The van der Waals surface area contributed by atoms with E-state index in [0.29, 0.717) is 0 Å². The normalized spacial score (nSPS) is 18.1. The second-order valence-electron chi connectivity index (χ2n) is 7.75. The third-order valence-corrected chi connectivity index (χ3v) is 5.76. The van der Waals surface area contributed by atoms with Crippen molar-refractivity contribution in [3.05, 3.63) is 64.0 Å². The highest BCUT2D eigenvalue weighted by Crippen LogP contribution is 2.39. The first kappa shape index (κ1) is 20.5. The van der Waals surface area contributed by atoms with Crippen molar-refractivity contribution in [3.8, 4) is 16.9 Å². The lowest BCUT2D eigenvalue weighted by Crippen LogP contribution is -2.36. The van der Waals surface area contributed by atoms with Crippen molar-refractivity contribution in [2.24, 2.45) is 0 Å². The maximum Gasteiger partial charge on any atom is 0.450 e. The van der Waals surface area contributed by atoms with Crippen LogP contribution >= 0.6 is 0 Å². The van der Waals surface area contributed by atoms with Gasteiger partial charge in [0.25, 0.3) is 0 Å². The van der Waals surface area contributed by atoms with E-state index in [4.69, 9.17) is 4.42 Å². The molecule has 1 N–H and O–H groups in total. The van der Waals surface area contributed by atoms with Gasteiger partial charge in [-0.05, 0) is 44.0 Å². The van der Waals surface area contributed by atoms with Gasteiger partial charge < -0.3 is 9.52 Å². The fourth-order valence-electron chi connectivity index (χ4n) is 4.12.